The van der Waals surface area contributed by atoms with Gasteiger partial charge in [0.2, 0.25) is 15.9 Å². The topological polar surface area (TPSA) is 66.5 Å². The summed E-state index contributed by atoms with van der Waals surface area (Å²) in [5, 5.41) is 3.50. The number of carbonyl (C=O) groups excluding carboxylic acids is 1. The molecule has 2 aromatic carbocycles. The Morgan fingerprint density at radius 2 is 1.79 bits per heavy atom. The maximum Gasteiger partial charge on any atom is 0.228 e. The molecule has 0 unspecified atom stereocenters. The molecule has 1 atom stereocenters. The van der Waals surface area contributed by atoms with Gasteiger partial charge in [-0.2, -0.15) is 0 Å². The van der Waals surface area contributed by atoms with Crippen LogP contribution in [0, 0.1) is 5.92 Å². The summed E-state index contributed by atoms with van der Waals surface area (Å²) in [6.07, 6.45) is 1.35. The lowest BCUT2D eigenvalue weighted by Crippen LogP contribution is -2.44. The first-order valence-corrected chi connectivity index (χ1v) is 11.9. The van der Waals surface area contributed by atoms with Crippen LogP contribution in [0.1, 0.15) is 43.7 Å². The molecule has 2 aromatic rings. The molecular formula is C22H27ClN2O3S. The van der Waals surface area contributed by atoms with Crippen LogP contribution in [0.2, 0.25) is 5.02 Å². The van der Waals surface area contributed by atoms with Gasteiger partial charge in [0.15, 0.2) is 0 Å². The highest BCUT2D eigenvalue weighted by atomic mass is 35.5. The predicted molar refractivity (Wildman–Crippen MR) is 118 cm³/mol. The van der Waals surface area contributed by atoms with Crippen LogP contribution in [-0.4, -0.2) is 31.7 Å². The third kappa shape index (κ3) is 5.81. The quantitative estimate of drug-likeness (QED) is 0.719. The number of amides is 1. The number of hydrogen-bond acceptors (Lipinski definition) is 3. The van der Waals surface area contributed by atoms with Gasteiger partial charge >= 0.3 is 0 Å². The third-order valence-corrected chi connectivity index (χ3v) is 7.32. The molecule has 0 aromatic heterocycles. The van der Waals surface area contributed by atoms with E-state index in [0.29, 0.717) is 35.9 Å². The van der Waals surface area contributed by atoms with Gasteiger partial charge < -0.3 is 5.32 Å². The van der Waals surface area contributed by atoms with E-state index in [1.807, 2.05) is 24.3 Å². The second-order valence-electron chi connectivity index (χ2n) is 7.85. The Morgan fingerprint density at radius 1 is 1.14 bits per heavy atom. The maximum atomic E-state index is 12.8. The fraction of sp³-hybridized carbons (Fsp3) is 0.409. The van der Waals surface area contributed by atoms with E-state index in [4.69, 9.17) is 11.6 Å². The smallest absolute Gasteiger partial charge is 0.228 e. The van der Waals surface area contributed by atoms with Crippen molar-refractivity contribution in [2.24, 2.45) is 5.92 Å². The molecule has 29 heavy (non-hydrogen) atoms. The zero-order valence-corrected chi connectivity index (χ0v) is 18.3. The Morgan fingerprint density at radius 3 is 2.41 bits per heavy atom. The van der Waals surface area contributed by atoms with Crippen LogP contribution in [0.5, 0.6) is 0 Å². The van der Waals surface area contributed by atoms with E-state index >= 15 is 0 Å². The molecule has 3 rings (SSSR count). The highest BCUT2D eigenvalue weighted by Gasteiger charge is 2.32. The summed E-state index contributed by atoms with van der Waals surface area (Å²) in [7, 11) is -3.49. The Balaban J connectivity index is 1.63. The average Bonchev–Trinajstić information content (AvgIpc) is 2.70. The van der Waals surface area contributed by atoms with Gasteiger partial charge in [-0.1, -0.05) is 49.7 Å². The molecule has 0 bridgehead atoms. The number of anilines is 1. The molecule has 1 heterocycles. The normalized spacial score (nSPS) is 18.0. The lowest BCUT2D eigenvalue weighted by atomic mass is 9.98. The van der Waals surface area contributed by atoms with Crippen molar-refractivity contribution < 1.29 is 13.2 Å². The van der Waals surface area contributed by atoms with Crippen LogP contribution in [-0.2, 0) is 20.6 Å². The van der Waals surface area contributed by atoms with E-state index in [1.165, 1.54) is 9.87 Å². The summed E-state index contributed by atoms with van der Waals surface area (Å²) in [5.74, 6) is -0.144. The Hall–Kier alpha value is -1.89. The minimum atomic E-state index is -3.49. The summed E-state index contributed by atoms with van der Waals surface area (Å²) >= 11 is 5.87. The van der Waals surface area contributed by atoms with Crippen molar-refractivity contribution in [3.8, 4) is 0 Å². The molecule has 0 aliphatic carbocycles. The van der Waals surface area contributed by atoms with Crippen LogP contribution in [0.15, 0.2) is 48.5 Å². The summed E-state index contributed by atoms with van der Waals surface area (Å²) in [5.41, 5.74) is 2.63. The second-order valence-corrected chi connectivity index (χ2v) is 10.3. The molecule has 7 heteroatoms. The van der Waals surface area contributed by atoms with Gasteiger partial charge in [0.25, 0.3) is 0 Å². The van der Waals surface area contributed by atoms with Crippen molar-refractivity contribution in [1.29, 1.82) is 0 Å². The molecule has 0 radical (unpaired) electrons. The number of piperidine rings is 1. The van der Waals surface area contributed by atoms with Gasteiger partial charge in [0.1, 0.15) is 0 Å². The molecule has 1 fully saturated rings. The molecular weight excluding hydrogens is 408 g/mol. The van der Waals surface area contributed by atoms with Gasteiger partial charge in [-0.15, -0.1) is 0 Å². The van der Waals surface area contributed by atoms with Crippen molar-refractivity contribution in [3.05, 3.63) is 64.7 Å². The first-order valence-electron chi connectivity index (χ1n) is 9.87. The zero-order chi connectivity index (χ0) is 21.0. The molecule has 1 N–H and O–H groups in total. The molecule has 1 aliphatic rings. The largest absolute Gasteiger partial charge is 0.326 e. The first kappa shape index (κ1) is 21.8. The molecule has 5 nitrogen and oxygen atoms in total. The monoisotopic (exact) mass is 434 g/mol. The zero-order valence-electron chi connectivity index (χ0n) is 16.8. The van der Waals surface area contributed by atoms with E-state index in [9.17, 15) is 13.2 Å². The van der Waals surface area contributed by atoms with Crippen LogP contribution < -0.4 is 5.32 Å². The number of hydrogen-bond donors (Lipinski definition) is 1. The highest BCUT2D eigenvalue weighted by molar-refractivity contribution is 7.88. The summed E-state index contributed by atoms with van der Waals surface area (Å²) in [6.45, 7) is 4.90. The van der Waals surface area contributed by atoms with Crippen LogP contribution in [0.3, 0.4) is 0 Å². The number of nitrogens with zero attached hydrogens (tertiary/aromatic N) is 1. The Bertz CT molecular complexity index is 941. The molecule has 1 saturated heterocycles. The minimum Gasteiger partial charge on any atom is -0.326 e. The molecule has 156 valence electrons. The van der Waals surface area contributed by atoms with Crippen molar-refractivity contribution >= 4 is 33.2 Å². The van der Waals surface area contributed by atoms with Crippen LogP contribution in [0.4, 0.5) is 5.69 Å². The summed E-state index contributed by atoms with van der Waals surface area (Å²) in [4.78, 5) is 12.7. The lowest BCUT2D eigenvalue weighted by molar-refractivity contribution is -0.120. The van der Waals surface area contributed by atoms with E-state index in [2.05, 4.69) is 19.2 Å². The molecule has 0 spiro atoms. The molecule has 1 aliphatic heterocycles. The summed E-state index contributed by atoms with van der Waals surface area (Å²) < 4.78 is 27.1. The van der Waals surface area contributed by atoms with Crippen LogP contribution >= 0.6 is 11.6 Å². The maximum absolute atomic E-state index is 12.8. The van der Waals surface area contributed by atoms with E-state index < -0.39 is 10.0 Å². The Labute approximate surface area is 178 Å². The standard InChI is InChI=1S/C22H27ClN2O3S/c1-16(2)18-7-11-21(12-8-18)24-22(26)19-4-3-13-25(14-19)29(27,28)15-17-5-9-20(23)10-6-17/h5-12,16,19H,3-4,13-15H2,1-2H3,(H,24,26)/t19-/m1/s1. The predicted octanol–water partition coefficient (Wildman–Crippen LogP) is 4.64. The highest BCUT2D eigenvalue weighted by Crippen LogP contribution is 2.24. The number of nitrogens with one attached hydrogen (secondary N) is 1. The van der Waals surface area contributed by atoms with E-state index in [-0.39, 0.29) is 24.1 Å². The fourth-order valence-electron chi connectivity index (χ4n) is 3.49. The molecule has 1 amide bonds. The van der Waals surface area contributed by atoms with Crippen molar-refractivity contribution in [2.75, 3.05) is 18.4 Å². The van der Waals surface area contributed by atoms with Crippen molar-refractivity contribution in [1.82, 2.24) is 4.31 Å². The van der Waals surface area contributed by atoms with Gasteiger partial charge in [-0.05, 0) is 54.2 Å². The number of rotatable bonds is 6. The first-order chi connectivity index (χ1) is 13.7. The van der Waals surface area contributed by atoms with Gasteiger partial charge in [-0.3, -0.25) is 4.79 Å². The van der Waals surface area contributed by atoms with Crippen LogP contribution in [0.25, 0.3) is 0 Å². The summed E-state index contributed by atoms with van der Waals surface area (Å²) in [6, 6.07) is 14.6. The van der Waals surface area contributed by atoms with Crippen molar-refractivity contribution in [2.45, 2.75) is 38.4 Å². The fourth-order valence-corrected chi connectivity index (χ4v) is 5.22. The van der Waals surface area contributed by atoms with E-state index in [0.717, 1.165) is 5.69 Å². The van der Waals surface area contributed by atoms with Crippen molar-refractivity contribution in [3.63, 3.8) is 0 Å². The number of carbonyl (C=O) groups is 1. The van der Waals surface area contributed by atoms with Gasteiger partial charge in [-0.25, -0.2) is 12.7 Å². The average molecular weight is 435 g/mol. The second kappa shape index (κ2) is 9.28. The number of sulfonamides is 1. The van der Waals surface area contributed by atoms with Gasteiger partial charge in [0, 0.05) is 23.8 Å². The Kier molecular flexibility index (Phi) is 6.98. The van der Waals surface area contributed by atoms with Gasteiger partial charge in [0.05, 0.1) is 11.7 Å². The number of benzene rings is 2. The lowest BCUT2D eigenvalue weighted by Gasteiger charge is -2.31. The number of halogens is 1. The SMILES string of the molecule is CC(C)c1ccc(NC(=O)[C@@H]2CCCN(S(=O)(=O)Cc3ccc(Cl)cc3)C2)cc1. The molecule has 0 saturated carbocycles. The third-order valence-electron chi connectivity index (χ3n) is 5.26. The van der Waals surface area contributed by atoms with E-state index in [1.54, 1.807) is 24.3 Å². The minimum absolute atomic E-state index is 0.0881.